The molecule has 26 heavy (non-hydrogen) atoms. The zero-order chi connectivity index (χ0) is 19.5. The summed E-state index contributed by atoms with van der Waals surface area (Å²) in [4.78, 5) is 30.4. The van der Waals surface area contributed by atoms with Crippen LogP contribution in [0.4, 0.5) is 18.9 Å². The van der Waals surface area contributed by atoms with Gasteiger partial charge in [0.05, 0.1) is 11.3 Å². The number of hydrogen-bond donors (Lipinski definition) is 2. The highest BCUT2D eigenvalue weighted by molar-refractivity contribution is 5.95. The van der Waals surface area contributed by atoms with Crippen LogP contribution in [0.5, 0.6) is 0 Å². The Bertz CT molecular complexity index is 794. The van der Waals surface area contributed by atoms with E-state index in [9.17, 15) is 22.8 Å². The number of alkyl halides is 3. The summed E-state index contributed by atoms with van der Waals surface area (Å²) in [7, 11) is 0. The van der Waals surface area contributed by atoms with Gasteiger partial charge in [-0.3, -0.25) is 9.78 Å². The first-order valence-corrected chi connectivity index (χ1v) is 7.66. The minimum atomic E-state index is -4.62. The van der Waals surface area contributed by atoms with Gasteiger partial charge in [-0.1, -0.05) is 20.8 Å². The van der Waals surface area contributed by atoms with Gasteiger partial charge >= 0.3 is 12.1 Å². The van der Waals surface area contributed by atoms with E-state index in [2.05, 4.69) is 15.3 Å². The van der Waals surface area contributed by atoms with Crippen molar-refractivity contribution in [3.63, 3.8) is 0 Å². The molecule has 140 valence electrons. The monoisotopic (exact) mass is 369 g/mol. The van der Waals surface area contributed by atoms with Gasteiger partial charge in [0.25, 0.3) is 0 Å². The fourth-order valence-electron chi connectivity index (χ4n) is 1.85. The van der Waals surface area contributed by atoms with Crippen molar-refractivity contribution in [3.05, 3.63) is 47.5 Å². The van der Waals surface area contributed by atoms with Crippen molar-refractivity contribution in [2.24, 2.45) is 5.41 Å². The van der Waals surface area contributed by atoms with Gasteiger partial charge in [0, 0.05) is 17.8 Å². The summed E-state index contributed by atoms with van der Waals surface area (Å²) in [6, 6.07) is 3.86. The molecule has 0 aliphatic rings. The van der Waals surface area contributed by atoms with Crippen molar-refractivity contribution in [1.82, 2.24) is 9.97 Å². The van der Waals surface area contributed by atoms with Crippen molar-refractivity contribution in [1.29, 1.82) is 0 Å². The van der Waals surface area contributed by atoms with Crippen molar-refractivity contribution >= 4 is 17.6 Å². The van der Waals surface area contributed by atoms with Crippen molar-refractivity contribution in [3.8, 4) is 0 Å². The molecule has 1 amide bonds. The predicted molar refractivity (Wildman–Crippen MR) is 87.2 cm³/mol. The lowest BCUT2D eigenvalue weighted by atomic mass is 9.95. The van der Waals surface area contributed by atoms with Crippen molar-refractivity contribution < 1.29 is 27.5 Å². The second-order valence-electron chi connectivity index (χ2n) is 6.58. The van der Waals surface area contributed by atoms with E-state index in [0.29, 0.717) is 6.20 Å². The molecule has 9 heteroatoms. The maximum Gasteiger partial charge on any atom is 0.417 e. The van der Waals surface area contributed by atoms with Gasteiger partial charge in [0.2, 0.25) is 5.91 Å². The van der Waals surface area contributed by atoms with Crippen molar-refractivity contribution in [2.45, 2.75) is 33.6 Å². The molecule has 0 radical (unpaired) electrons. The average molecular weight is 369 g/mol. The molecule has 0 aliphatic heterocycles. The molecule has 2 aromatic heterocycles. The number of amides is 1. The number of rotatable bonds is 4. The van der Waals surface area contributed by atoms with Crippen LogP contribution in [0.2, 0.25) is 0 Å². The predicted octanol–water partition coefficient (Wildman–Crippen LogP) is 3.77. The molecule has 2 heterocycles. The minimum absolute atomic E-state index is 0.00973. The summed E-state index contributed by atoms with van der Waals surface area (Å²) in [6.45, 7) is 4.46. The molecule has 2 aromatic rings. The Labute approximate surface area is 147 Å². The summed E-state index contributed by atoms with van der Waals surface area (Å²) < 4.78 is 43.8. The number of nitrogens with one attached hydrogen (secondary N) is 2. The molecule has 0 fully saturated rings. The number of halogens is 3. The number of carbonyl (C=O) groups excluding carboxylic acids is 2. The van der Waals surface area contributed by atoms with Crippen LogP contribution in [-0.2, 0) is 22.3 Å². The molecule has 0 unspecified atom stereocenters. The Morgan fingerprint density at radius 2 is 1.96 bits per heavy atom. The highest BCUT2D eigenvalue weighted by atomic mass is 19.4. The third-order valence-electron chi connectivity index (χ3n) is 3.38. The van der Waals surface area contributed by atoms with Gasteiger partial charge in [-0.2, -0.15) is 13.2 Å². The second-order valence-corrected chi connectivity index (χ2v) is 6.58. The van der Waals surface area contributed by atoms with E-state index in [1.807, 2.05) is 0 Å². The molecular formula is C17H18F3N3O3. The number of esters is 1. The molecule has 0 aliphatic carbocycles. The topological polar surface area (TPSA) is 84.1 Å². The van der Waals surface area contributed by atoms with Crippen LogP contribution in [0.1, 0.15) is 42.5 Å². The van der Waals surface area contributed by atoms with Crippen LogP contribution in [0.3, 0.4) is 0 Å². The zero-order valence-corrected chi connectivity index (χ0v) is 14.4. The number of pyridine rings is 1. The lowest BCUT2D eigenvalue weighted by Crippen LogP contribution is -2.28. The Morgan fingerprint density at radius 1 is 1.27 bits per heavy atom. The van der Waals surface area contributed by atoms with Gasteiger partial charge in [0.15, 0.2) is 0 Å². The van der Waals surface area contributed by atoms with E-state index in [-0.39, 0.29) is 17.1 Å². The number of nitrogens with zero attached hydrogens (tertiary/aromatic N) is 1. The Balaban J connectivity index is 2.26. The number of anilines is 1. The van der Waals surface area contributed by atoms with E-state index in [4.69, 9.17) is 4.74 Å². The molecule has 6 nitrogen and oxygen atoms in total. The number of ether oxygens (including phenoxy) is 1. The van der Waals surface area contributed by atoms with Gasteiger partial charge in [-0.05, 0) is 18.2 Å². The summed E-state index contributed by atoms with van der Waals surface area (Å²) in [5.74, 6) is -1.18. The molecule has 2 N–H and O–H groups in total. The normalized spacial score (nSPS) is 11.9. The molecule has 2 rings (SSSR count). The molecule has 0 aromatic carbocycles. The van der Waals surface area contributed by atoms with Crippen LogP contribution in [-0.4, -0.2) is 21.8 Å². The number of H-pyrrole nitrogens is 1. The van der Waals surface area contributed by atoms with Crippen LogP contribution >= 0.6 is 0 Å². The lowest BCUT2D eigenvalue weighted by Gasteiger charge is -2.20. The summed E-state index contributed by atoms with van der Waals surface area (Å²) in [6.07, 6.45) is -2.46. The molecule has 0 saturated carbocycles. The Morgan fingerprint density at radius 3 is 2.50 bits per heavy atom. The van der Waals surface area contributed by atoms with E-state index >= 15 is 0 Å². The standard InChI is InChI=1S/C17H18F3N3O3/c1-16(2,3)15(25)23-12-7-10(17(18,19)20)8-22-13(12)9-26-14(24)11-5-4-6-21-11/h4-8,21H,9H2,1-3H3,(H,23,25). The highest BCUT2D eigenvalue weighted by Crippen LogP contribution is 2.32. The van der Waals surface area contributed by atoms with Gasteiger partial charge in [-0.15, -0.1) is 0 Å². The lowest BCUT2D eigenvalue weighted by molar-refractivity contribution is -0.137. The molecule has 0 bridgehead atoms. The van der Waals surface area contributed by atoms with E-state index in [1.165, 1.54) is 12.3 Å². The number of carbonyl (C=O) groups is 2. The van der Waals surface area contributed by atoms with E-state index in [1.54, 1.807) is 26.8 Å². The molecule has 0 atom stereocenters. The minimum Gasteiger partial charge on any atom is -0.454 e. The van der Waals surface area contributed by atoms with Crippen LogP contribution in [0.25, 0.3) is 0 Å². The van der Waals surface area contributed by atoms with Gasteiger partial charge in [0.1, 0.15) is 18.0 Å². The van der Waals surface area contributed by atoms with Crippen LogP contribution in [0.15, 0.2) is 30.6 Å². The summed E-state index contributed by atoms with van der Waals surface area (Å²) >= 11 is 0. The maximum absolute atomic E-state index is 12.9. The largest absolute Gasteiger partial charge is 0.454 e. The summed E-state index contributed by atoms with van der Waals surface area (Å²) in [5, 5.41) is 2.42. The maximum atomic E-state index is 12.9. The highest BCUT2D eigenvalue weighted by Gasteiger charge is 2.32. The fourth-order valence-corrected chi connectivity index (χ4v) is 1.85. The molecule has 0 spiro atoms. The molecule has 0 saturated heterocycles. The van der Waals surface area contributed by atoms with Gasteiger partial charge < -0.3 is 15.0 Å². The summed E-state index contributed by atoms with van der Waals surface area (Å²) in [5.41, 5.74) is -1.79. The zero-order valence-electron chi connectivity index (χ0n) is 14.4. The van der Waals surface area contributed by atoms with E-state index in [0.717, 1.165) is 6.07 Å². The average Bonchev–Trinajstić information content (AvgIpc) is 3.06. The third-order valence-corrected chi connectivity index (χ3v) is 3.38. The van der Waals surface area contributed by atoms with Crippen LogP contribution in [0, 0.1) is 5.41 Å². The second kappa shape index (κ2) is 7.19. The van der Waals surface area contributed by atoms with Crippen LogP contribution < -0.4 is 5.32 Å². The SMILES string of the molecule is CC(C)(C)C(=O)Nc1cc(C(F)(F)F)cnc1COC(=O)c1ccc[nH]1. The number of aromatic amines is 1. The van der Waals surface area contributed by atoms with Crippen molar-refractivity contribution in [2.75, 3.05) is 5.32 Å². The van der Waals surface area contributed by atoms with Gasteiger partial charge in [-0.25, -0.2) is 4.79 Å². The smallest absolute Gasteiger partial charge is 0.417 e. The first-order valence-electron chi connectivity index (χ1n) is 7.66. The third kappa shape index (κ3) is 4.84. The first-order chi connectivity index (χ1) is 12.0. The molecular weight excluding hydrogens is 351 g/mol. The Kier molecular flexibility index (Phi) is 5.38. The first kappa shape index (κ1) is 19.5. The number of aromatic nitrogens is 2. The number of hydrogen-bond acceptors (Lipinski definition) is 4. The quantitative estimate of drug-likeness (QED) is 0.804. The fraction of sp³-hybridized carbons (Fsp3) is 0.353. The van der Waals surface area contributed by atoms with E-state index < -0.39 is 35.6 Å². The Hall–Kier alpha value is -2.84.